The minimum atomic E-state index is -0.423. The number of amides is 1. The van der Waals surface area contributed by atoms with Gasteiger partial charge < -0.3 is 14.5 Å². The van der Waals surface area contributed by atoms with Gasteiger partial charge in [0.15, 0.2) is 11.2 Å². The van der Waals surface area contributed by atoms with Crippen molar-refractivity contribution in [1.82, 2.24) is 28.2 Å². The molecule has 0 unspecified atom stereocenters. The highest BCUT2D eigenvalue weighted by atomic mass is 16.2. The molecule has 0 spiro atoms. The maximum absolute atomic E-state index is 12.5. The molecule has 1 N–H and O–H groups in total. The van der Waals surface area contributed by atoms with Crippen LogP contribution in [0.4, 0.5) is 5.69 Å². The average Bonchev–Trinajstić information content (AvgIpc) is 3.41. The standard InChI is InChI=1S/C20H21N7O3/c1-24-18-17(19(29)25(2)20(24)30)27(13-22-18)10-5-8-16(28)23-14-6-3-4-7-15(14)26-11-9-21-12-26/h3-4,6-7,9,11-13H,5,8,10H2,1-2H3,(H,23,28). The Bertz CT molecular complexity index is 1330. The van der Waals surface area contributed by atoms with Crippen LogP contribution in [-0.2, 0) is 25.4 Å². The van der Waals surface area contributed by atoms with Gasteiger partial charge in [-0.2, -0.15) is 0 Å². The Morgan fingerprint density at radius 2 is 1.90 bits per heavy atom. The first-order valence-corrected chi connectivity index (χ1v) is 9.45. The van der Waals surface area contributed by atoms with E-state index >= 15 is 0 Å². The molecular formula is C20H21N7O3. The van der Waals surface area contributed by atoms with Gasteiger partial charge in [-0.1, -0.05) is 12.1 Å². The summed E-state index contributed by atoms with van der Waals surface area (Å²) < 4.78 is 5.91. The monoisotopic (exact) mass is 407 g/mol. The van der Waals surface area contributed by atoms with E-state index in [9.17, 15) is 14.4 Å². The third-order valence-electron chi connectivity index (χ3n) is 4.98. The number of para-hydroxylation sites is 2. The molecule has 0 fully saturated rings. The van der Waals surface area contributed by atoms with E-state index in [1.165, 1.54) is 17.9 Å². The first-order chi connectivity index (χ1) is 14.5. The molecule has 3 heterocycles. The summed E-state index contributed by atoms with van der Waals surface area (Å²) >= 11 is 0. The number of benzene rings is 1. The number of rotatable bonds is 6. The maximum Gasteiger partial charge on any atom is 0.332 e. The lowest BCUT2D eigenvalue weighted by Gasteiger charge is -2.11. The van der Waals surface area contributed by atoms with E-state index in [0.29, 0.717) is 29.8 Å². The number of nitrogens with one attached hydrogen (secondary N) is 1. The number of carbonyl (C=O) groups is 1. The molecule has 0 saturated heterocycles. The number of hydrogen-bond acceptors (Lipinski definition) is 5. The van der Waals surface area contributed by atoms with Crippen LogP contribution in [0.1, 0.15) is 12.8 Å². The van der Waals surface area contributed by atoms with Crippen molar-refractivity contribution in [3.63, 3.8) is 0 Å². The van der Waals surface area contributed by atoms with Crippen LogP contribution in [0.25, 0.3) is 16.9 Å². The van der Waals surface area contributed by atoms with Crippen LogP contribution >= 0.6 is 0 Å². The van der Waals surface area contributed by atoms with E-state index in [-0.39, 0.29) is 12.3 Å². The smallest absolute Gasteiger partial charge is 0.325 e. The van der Waals surface area contributed by atoms with Gasteiger partial charge in [0.25, 0.3) is 5.56 Å². The second kappa shape index (κ2) is 7.82. The quantitative estimate of drug-likeness (QED) is 0.514. The van der Waals surface area contributed by atoms with Crippen LogP contribution in [-0.4, -0.2) is 34.1 Å². The summed E-state index contributed by atoms with van der Waals surface area (Å²) in [5.74, 6) is -0.132. The van der Waals surface area contributed by atoms with Crippen molar-refractivity contribution in [2.75, 3.05) is 5.32 Å². The highest BCUT2D eigenvalue weighted by molar-refractivity contribution is 5.92. The molecule has 0 aliphatic carbocycles. The van der Waals surface area contributed by atoms with Gasteiger partial charge in [0.05, 0.1) is 24.0 Å². The van der Waals surface area contributed by atoms with Gasteiger partial charge in [-0.05, 0) is 18.6 Å². The third kappa shape index (κ3) is 3.43. The molecule has 1 amide bonds. The summed E-state index contributed by atoms with van der Waals surface area (Å²) in [5, 5.41) is 2.93. The number of aromatic nitrogens is 6. The van der Waals surface area contributed by atoms with Crippen LogP contribution in [0.2, 0.25) is 0 Å². The minimum Gasteiger partial charge on any atom is -0.325 e. The number of nitrogens with zero attached hydrogens (tertiary/aromatic N) is 6. The molecule has 4 rings (SSSR count). The summed E-state index contributed by atoms with van der Waals surface area (Å²) in [6.07, 6.45) is 7.46. The minimum absolute atomic E-state index is 0.132. The second-order valence-corrected chi connectivity index (χ2v) is 6.95. The molecule has 0 aliphatic rings. The van der Waals surface area contributed by atoms with Crippen molar-refractivity contribution in [2.24, 2.45) is 14.1 Å². The first kappa shape index (κ1) is 19.4. The number of hydrogen-bond donors (Lipinski definition) is 1. The van der Waals surface area contributed by atoms with Crippen LogP contribution < -0.4 is 16.6 Å². The Morgan fingerprint density at radius 1 is 1.10 bits per heavy atom. The molecule has 4 aromatic rings. The van der Waals surface area contributed by atoms with Crippen LogP contribution in [0, 0.1) is 0 Å². The van der Waals surface area contributed by atoms with Crippen LogP contribution in [0.15, 0.2) is 58.9 Å². The zero-order valence-corrected chi connectivity index (χ0v) is 16.6. The molecule has 10 heteroatoms. The van der Waals surface area contributed by atoms with Gasteiger partial charge in [0.2, 0.25) is 5.91 Å². The second-order valence-electron chi connectivity index (χ2n) is 6.95. The van der Waals surface area contributed by atoms with E-state index in [0.717, 1.165) is 10.3 Å². The van der Waals surface area contributed by atoms with Crippen molar-refractivity contribution >= 4 is 22.8 Å². The molecule has 154 valence electrons. The summed E-state index contributed by atoms with van der Waals surface area (Å²) in [7, 11) is 3.01. The molecule has 1 aromatic carbocycles. The third-order valence-corrected chi connectivity index (χ3v) is 4.98. The van der Waals surface area contributed by atoms with Crippen LogP contribution in [0.5, 0.6) is 0 Å². The van der Waals surface area contributed by atoms with E-state index in [1.807, 2.05) is 35.0 Å². The predicted octanol–water partition coefficient (Wildman–Crippen LogP) is 1.04. The molecule has 0 saturated carbocycles. The molecule has 0 radical (unpaired) electrons. The zero-order valence-electron chi connectivity index (χ0n) is 16.6. The summed E-state index contributed by atoms with van der Waals surface area (Å²) in [4.78, 5) is 45.2. The van der Waals surface area contributed by atoms with Gasteiger partial charge in [-0.25, -0.2) is 14.8 Å². The highest BCUT2D eigenvalue weighted by Gasteiger charge is 2.14. The Kier molecular flexibility index (Phi) is 5.05. The predicted molar refractivity (Wildman–Crippen MR) is 112 cm³/mol. The van der Waals surface area contributed by atoms with E-state index in [2.05, 4.69) is 15.3 Å². The molecule has 0 aliphatic heterocycles. The van der Waals surface area contributed by atoms with E-state index in [4.69, 9.17) is 0 Å². The molecule has 3 aromatic heterocycles. The van der Waals surface area contributed by atoms with Crippen molar-refractivity contribution < 1.29 is 4.79 Å². The van der Waals surface area contributed by atoms with Crippen molar-refractivity contribution in [3.05, 3.63) is 70.2 Å². The Hall–Kier alpha value is -3.95. The fraction of sp³-hybridized carbons (Fsp3) is 0.250. The van der Waals surface area contributed by atoms with Crippen molar-refractivity contribution in [3.8, 4) is 5.69 Å². The van der Waals surface area contributed by atoms with Crippen molar-refractivity contribution in [2.45, 2.75) is 19.4 Å². The zero-order chi connectivity index (χ0) is 21.3. The Labute approximate surface area is 171 Å². The number of imidazole rings is 2. The lowest BCUT2D eigenvalue weighted by atomic mass is 10.2. The largest absolute Gasteiger partial charge is 0.332 e. The van der Waals surface area contributed by atoms with Crippen LogP contribution in [0.3, 0.4) is 0 Å². The lowest BCUT2D eigenvalue weighted by Crippen LogP contribution is -2.37. The van der Waals surface area contributed by atoms with Gasteiger partial charge >= 0.3 is 5.69 Å². The topological polar surface area (TPSA) is 109 Å². The lowest BCUT2D eigenvalue weighted by molar-refractivity contribution is -0.116. The highest BCUT2D eigenvalue weighted by Crippen LogP contribution is 2.20. The molecule has 10 nitrogen and oxygen atoms in total. The number of anilines is 1. The fourth-order valence-corrected chi connectivity index (χ4v) is 3.40. The van der Waals surface area contributed by atoms with Gasteiger partial charge in [0.1, 0.15) is 0 Å². The summed E-state index contributed by atoms with van der Waals surface area (Å²) in [5.41, 5.74) is 1.39. The Morgan fingerprint density at radius 3 is 2.67 bits per heavy atom. The first-order valence-electron chi connectivity index (χ1n) is 9.45. The number of aryl methyl sites for hydroxylation is 2. The number of fused-ring (bicyclic) bond motifs is 1. The molecule has 0 bridgehead atoms. The molecule has 0 atom stereocenters. The molecular weight excluding hydrogens is 386 g/mol. The van der Waals surface area contributed by atoms with Gasteiger partial charge in [-0.3, -0.25) is 18.7 Å². The van der Waals surface area contributed by atoms with Gasteiger partial charge in [-0.15, -0.1) is 0 Å². The van der Waals surface area contributed by atoms with Gasteiger partial charge in [0, 0.05) is 39.5 Å². The SMILES string of the molecule is Cn1c(=O)c2c(ncn2CCCC(=O)Nc2ccccc2-n2ccnc2)n(C)c1=O. The summed E-state index contributed by atoms with van der Waals surface area (Å²) in [6, 6.07) is 7.48. The average molecular weight is 407 g/mol. The fourth-order valence-electron chi connectivity index (χ4n) is 3.40. The normalized spacial score (nSPS) is 11.1. The Balaban J connectivity index is 1.46. The van der Waals surface area contributed by atoms with E-state index in [1.54, 1.807) is 24.1 Å². The number of carbonyl (C=O) groups excluding carboxylic acids is 1. The van der Waals surface area contributed by atoms with Crippen molar-refractivity contribution in [1.29, 1.82) is 0 Å². The van der Waals surface area contributed by atoms with E-state index < -0.39 is 11.2 Å². The summed E-state index contributed by atoms with van der Waals surface area (Å²) in [6.45, 7) is 0.431. The molecule has 30 heavy (non-hydrogen) atoms. The maximum atomic E-state index is 12.5.